The molecule has 0 saturated heterocycles. The molecule has 0 unspecified atom stereocenters. The molecular weight excluding hydrogens is 244 g/mol. The van der Waals surface area contributed by atoms with Crippen molar-refractivity contribution in [2.75, 3.05) is 13.2 Å². The van der Waals surface area contributed by atoms with E-state index in [1.807, 2.05) is 18.2 Å². The number of benzene rings is 1. The van der Waals surface area contributed by atoms with Crippen LogP contribution >= 0.6 is 0 Å². The van der Waals surface area contributed by atoms with E-state index in [9.17, 15) is 9.90 Å². The van der Waals surface area contributed by atoms with Gasteiger partial charge in [0.1, 0.15) is 0 Å². The topological polar surface area (TPSA) is 55.8 Å². The van der Waals surface area contributed by atoms with Crippen LogP contribution in [0, 0.1) is 5.41 Å². The normalized spacial score (nSPS) is 20.2. The maximum atomic E-state index is 11.4. The molecule has 1 aliphatic carbocycles. The quantitative estimate of drug-likeness (QED) is 0.909. The molecule has 4 nitrogen and oxygen atoms in total. The third-order valence-electron chi connectivity index (χ3n) is 4.12. The molecule has 1 fully saturated rings. The van der Waals surface area contributed by atoms with Crippen molar-refractivity contribution >= 4 is 5.97 Å². The molecule has 1 heterocycles. The summed E-state index contributed by atoms with van der Waals surface area (Å²) in [7, 11) is 0. The lowest BCUT2D eigenvalue weighted by Crippen LogP contribution is -2.39. The molecule has 1 aliphatic heterocycles. The molecule has 2 aliphatic rings. The maximum Gasteiger partial charge on any atom is 0.309 e. The molecule has 19 heavy (non-hydrogen) atoms. The first-order valence-electron chi connectivity index (χ1n) is 6.82. The van der Waals surface area contributed by atoms with Gasteiger partial charge in [-0.05, 0) is 37.0 Å². The van der Waals surface area contributed by atoms with E-state index in [2.05, 4.69) is 0 Å². The van der Waals surface area contributed by atoms with E-state index >= 15 is 0 Å². The van der Waals surface area contributed by atoms with Gasteiger partial charge in [-0.15, -0.1) is 0 Å². The first-order valence-corrected chi connectivity index (χ1v) is 6.82. The minimum atomic E-state index is -0.675. The molecule has 0 radical (unpaired) electrons. The van der Waals surface area contributed by atoms with E-state index in [0.29, 0.717) is 19.6 Å². The zero-order valence-corrected chi connectivity index (χ0v) is 10.9. The summed E-state index contributed by atoms with van der Waals surface area (Å²) in [6.45, 7) is 1.33. The van der Waals surface area contributed by atoms with Crippen molar-refractivity contribution < 1.29 is 19.4 Å². The maximum absolute atomic E-state index is 11.4. The highest BCUT2D eigenvalue weighted by molar-refractivity contribution is 5.76. The second-order valence-electron chi connectivity index (χ2n) is 5.45. The second-order valence-corrected chi connectivity index (χ2v) is 5.45. The lowest BCUT2D eigenvalue weighted by Gasteiger charge is -2.37. The van der Waals surface area contributed by atoms with Gasteiger partial charge in [0.25, 0.3) is 0 Å². The highest BCUT2D eigenvalue weighted by Crippen LogP contribution is 2.44. The van der Waals surface area contributed by atoms with Crippen LogP contribution in [0.1, 0.15) is 31.2 Å². The minimum Gasteiger partial charge on any atom is -0.490 e. The van der Waals surface area contributed by atoms with Gasteiger partial charge in [0.2, 0.25) is 0 Å². The Morgan fingerprint density at radius 1 is 1.16 bits per heavy atom. The minimum absolute atomic E-state index is 0.556. The van der Waals surface area contributed by atoms with Gasteiger partial charge < -0.3 is 14.6 Å². The average molecular weight is 262 g/mol. The molecule has 1 aromatic carbocycles. The summed E-state index contributed by atoms with van der Waals surface area (Å²) >= 11 is 0. The smallest absolute Gasteiger partial charge is 0.309 e. The van der Waals surface area contributed by atoms with Gasteiger partial charge >= 0.3 is 5.97 Å². The van der Waals surface area contributed by atoms with E-state index in [1.54, 1.807) is 0 Å². The lowest BCUT2D eigenvalue weighted by atomic mass is 9.65. The number of fused-ring (bicyclic) bond motifs is 1. The molecule has 1 N–H and O–H groups in total. The molecule has 3 rings (SSSR count). The van der Waals surface area contributed by atoms with Crippen molar-refractivity contribution in [3.8, 4) is 11.5 Å². The van der Waals surface area contributed by atoms with E-state index in [1.165, 1.54) is 0 Å². The predicted molar refractivity (Wildman–Crippen MR) is 69.7 cm³/mol. The van der Waals surface area contributed by atoms with Gasteiger partial charge in [-0.3, -0.25) is 4.79 Å². The number of carbonyl (C=O) groups is 1. The number of carboxylic acid groups (broad SMARTS) is 1. The Kier molecular flexibility index (Phi) is 3.09. The van der Waals surface area contributed by atoms with Crippen LogP contribution in [-0.2, 0) is 11.2 Å². The van der Waals surface area contributed by atoms with Crippen molar-refractivity contribution in [2.24, 2.45) is 5.41 Å². The molecule has 1 aromatic rings. The third kappa shape index (κ3) is 2.27. The van der Waals surface area contributed by atoms with Gasteiger partial charge in [-0.1, -0.05) is 12.5 Å². The van der Waals surface area contributed by atoms with Gasteiger partial charge in [0.15, 0.2) is 11.5 Å². The number of hydrogen-bond acceptors (Lipinski definition) is 3. The summed E-state index contributed by atoms with van der Waals surface area (Å²) in [5, 5.41) is 9.37. The zero-order valence-electron chi connectivity index (χ0n) is 10.9. The number of aliphatic carboxylic acids is 1. The van der Waals surface area contributed by atoms with Crippen LogP contribution in [-0.4, -0.2) is 24.3 Å². The second kappa shape index (κ2) is 4.76. The van der Waals surface area contributed by atoms with Gasteiger partial charge in [0.05, 0.1) is 18.6 Å². The Balaban J connectivity index is 1.82. The first-order chi connectivity index (χ1) is 9.20. The molecule has 0 aromatic heterocycles. The standard InChI is InChI=1S/C15H18O4/c16-14(17)15(5-1-6-15)10-11-3-4-12-13(9-11)19-8-2-7-18-12/h3-4,9H,1-2,5-8,10H2,(H,16,17). The van der Waals surface area contributed by atoms with Crippen molar-refractivity contribution in [1.82, 2.24) is 0 Å². The van der Waals surface area contributed by atoms with E-state index in [4.69, 9.17) is 9.47 Å². The molecule has 0 amide bonds. The lowest BCUT2D eigenvalue weighted by molar-refractivity contribution is -0.154. The van der Waals surface area contributed by atoms with E-state index in [0.717, 1.165) is 42.7 Å². The number of ether oxygens (including phenoxy) is 2. The summed E-state index contributed by atoms with van der Waals surface area (Å²) in [5.74, 6) is 0.833. The van der Waals surface area contributed by atoms with Crippen LogP contribution in [0.4, 0.5) is 0 Å². The summed E-state index contributed by atoms with van der Waals surface area (Å²) in [5.41, 5.74) is 0.464. The Morgan fingerprint density at radius 3 is 2.53 bits per heavy atom. The number of rotatable bonds is 3. The average Bonchev–Trinajstić information content (AvgIpc) is 2.57. The van der Waals surface area contributed by atoms with Crippen molar-refractivity contribution in [3.63, 3.8) is 0 Å². The van der Waals surface area contributed by atoms with Crippen LogP contribution in [0.5, 0.6) is 11.5 Å². The SMILES string of the molecule is O=C(O)C1(Cc2ccc3c(c2)OCCCO3)CCC1. The van der Waals surface area contributed by atoms with Crippen LogP contribution in [0.15, 0.2) is 18.2 Å². The largest absolute Gasteiger partial charge is 0.490 e. The third-order valence-corrected chi connectivity index (χ3v) is 4.12. The highest BCUT2D eigenvalue weighted by atomic mass is 16.5. The fourth-order valence-corrected chi connectivity index (χ4v) is 2.78. The molecule has 1 saturated carbocycles. The summed E-state index contributed by atoms with van der Waals surface area (Å²) in [6, 6.07) is 5.78. The van der Waals surface area contributed by atoms with Crippen LogP contribution in [0.25, 0.3) is 0 Å². The van der Waals surface area contributed by atoms with E-state index in [-0.39, 0.29) is 0 Å². The van der Waals surface area contributed by atoms with Gasteiger partial charge in [-0.25, -0.2) is 0 Å². The summed E-state index contributed by atoms with van der Waals surface area (Å²) < 4.78 is 11.2. The fraction of sp³-hybridized carbons (Fsp3) is 0.533. The molecular formula is C15H18O4. The van der Waals surface area contributed by atoms with Crippen molar-refractivity contribution in [1.29, 1.82) is 0 Å². The van der Waals surface area contributed by atoms with Crippen LogP contribution in [0.3, 0.4) is 0 Å². The van der Waals surface area contributed by atoms with Crippen LogP contribution in [0.2, 0.25) is 0 Å². The molecule has 0 spiro atoms. The van der Waals surface area contributed by atoms with E-state index < -0.39 is 11.4 Å². The Bertz CT molecular complexity index is 491. The molecule has 4 heteroatoms. The summed E-state index contributed by atoms with van der Waals surface area (Å²) in [6.07, 6.45) is 4.02. The van der Waals surface area contributed by atoms with Crippen LogP contribution < -0.4 is 9.47 Å². The Labute approximate surface area is 112 Å². The molecule has 102 valence electrons. The molecule has 0 atom stereocenters. The van der Waals surface area contributed by atoms with Crippen molar-refractivity contribution in [3.05, 3.63) is 23.8 Å². The summed E-state index contributed by atoms with van der Waals surface area (Å²) in [4.78, 5) is 11.4. The highest BCUT2D eigenvalue weighted by Gasteiger charge is 2.44. The zero-order chi connectivity index (χ0) is 13.3. The fourth-order valence-electron chi connectivity index (χ4n) is 2.78. The molecule has 0 bridgehead atoms. The van der Waals surface area contributed by atoms with Gasteiger partial charge in [0, 0.05) is 6.42 Å². The Morgan fingerprint density at radius 2 is 1.89 bits per heavy atom. The predicted octanol–water partition coefficient (Wildman–Crippen LogP) is 2.65. The number of hydrogen-bond donors (Lipinski definition) is 1. The Hall–Kier alpha value is -1.71. The first kappa shape index (κ1) is 12.3. The van der Waals surface area contributed by atoms with Crippen molar-refractivity contribution in [2.45, 2.75) is 32.1 Å². The van der Waals surface area contributed by atoms with Gasteiger partial charge in [-0.2, -0.15) is 0 Å². The monoisotopic (exact) mass is 262 g/mol. The number of carboxylic acids is 1.